The van der Waals surface area contributed by atoms with Gasteiger partial charge in [0.1, 0.15) is 6.26 Å². The smallest absolute Gasteiger partial charge is 0.228 e. The van der Waals surface area contributed by atoms with E-state index in [1.54, 1.807) is 23.3 Å². The van der Waals surface area contributed by atoms with Gasteiger partial charge < -0.3 is 9.32 Å². The minimum atomic E-state index is 0.0860. The first-order valence-electron chi connectivity index (χ1n) is 7.56. The molecule has 0 spiro atoms. The first kappa shape index (κ1) is 15.1. The summed E-state index contributed by atoms with van der Waals surface area (Å²) in [5.74, 6) is 1.28. The Bertz CT molecular complexity index is 647. The number of likely N-dealkylation sites (N-methyl/N-ethyl adjacent to an activating group) is 1. The lowest BCUT2D eigenvalue weighted by Gasteiger charge is -2.30. The predicted octanol–water partition coefficient (Wildman–Crippen LogP) is 3.80. The summed E-state index contributed by atoms with van der Waals surface area (Å²) >= 11 is 5.86. The molecule has 1 heterocycles. The van der Waals surface area contributed by atoms with Crippen LogP contribution in [-0.2, 0) is 11.2 Å². The van der Waals surface area contributed by atoms with E-state index < -0.39 is 0 Å². The van der Waals surface area contributed by atoms with Crippen molar-refractivity contribution in [1.29, 1.82) is 0 Å². The highest BCUT2D eigenvalue weighted by Gasteiger charge is 2.22. The van der Waals surface area contributed by atoms with Crippen molar-refractivity contribution in [1.82, 2.24) is 9.88 Å². The van der Waals surface area contributed by atoms with Crippen molar-refractivity contribution < 1.29 is 9.21 Å². The van der Waals surface area contributed by atoms with E-state index in [0.29, 0.717) is 22.5 Å². The third-order valence-corrected chi connectivity index (χ3v) is 4.41. The molecule has 2 aromatic rings. The van der Waals surface area contributed by atoms with E-state index in [2.05, 4.69) is 4.98 Å². The summed E-state index contributed by atoms with van der Waals surface area (Å²) in [5.41, 5.74) is 1.52. The summed E-state index contributed by atoms with van der Waals surface area (Å²) in [5, 5.41) is 0.670. The van der Waals surface area contributed by atoms with Crippen molar-refractivity contribution in [2.45, 2.75) is 25.7 Å². The zero-order valence-corrected chi connectivity index (χ0v) is 13.3. The third kappa shape index (κ3) is 3.50. The van der Waals surface area contributed by atoms with E-state index in [9.17, 15) is 4.79 Å². The minimum Gasteiger partial charge on any atom is -0.444 e. The van der Waals surface area contributed by atoms with Gasteiger partial charge in [-0.15, -0.1) is 0 Å². The number of rotatable bonds is 5. The van der Waals surface area contributed by atoms with E-state index >= 15 is 0 Å². The Balaban J connectivity index is 1.61. The zero-order chi connectivity index (χ0) is 15.5. The van der Waals surface area contributed by atoms with Crippen LogP contribution in [0.15, 0.2) is 34.9 Å². The highest BCUT2D eigenvalue weighted by molar-refractivity contribution is 6.30. The number of oxazole rings is 1. The van der Waals surface area contributed by atoms with Crippen molar-refractivity contribution in [2.24, 2.45) is 5.92 Å². The molecule has 1 aliphatic rings. The molecule has 22 heavy (non-hydrogen) atoms. The number of aromatic nitrogens is 1. The second kappa shape index (κ2) is 6.53. The maximum absolute atomic E-state index is 12.2. The number of carbonyl (C=O) groups excluding carboxylic acids is 1. The lowest BCUT2D eigenvalue weighted by atomic mass is 9.85. The molecule has 1 aromatic carbocycles. The number of hydrogen-bond donors (Lipinski definition) is 0. The molecule has 1 aromatic heterocycles. The second-order valence-electron chi connectivity index (χ2n) is 5.90. The van der Waals surface area contributed by atoms with Crippen LogP contribution in [0.2, 0.25) is 5.02 Å². The van der Waals surface area contributed by atoms with Crippen LogP contribution >= 0.6 is 11.6 Å². The third-order valence-electron chi connectivity index (χ3n) is 4.16. The maximum Gasteiger partial charge on any atom is 0.228 e. The van der Waals surface area contributed by atoms with E-state index in [0.717, 1.165) is 12.1 Å². The number of nitrogens with zero attached hydrogens (tertiary/aromatic N) is 2. The Hall–Kier alpha value is -1.81. The average Bonchev–Trinajstić information content (AvgIpc) is 2.91. The summed E-state index contributed by atoms with van der Waals surface area (Å²) < 4.78 is 5.46. The fourth-order valence-electron chi connectivity index (χ4n) is 2.57. The van der Waals surface area contributed by atoms with Gasteiger partial charge in [-0.3, -0.25) is 4.79 Å². The van der Waals surface area contributed by atoms with E-state index in [1.807, 2.05) is 19.2 Å². The molecule has 1 amide bonds. The van der Waals surface area contributed by atoms with Crippen molar-refractivity contribution in [3.63, 3.8) is 0 Å². The molecule has 116 valence electrons. The molecule has 3 rings (SSSR count). The Morgan fingerprint density at radius 3 is 2.73 bits per heavy atom. The van der Waals surface area contributed by atoms with Crippen LogP contribution in [-0.4, -0.2) is 29.4 Å². The van der Waals surface area contributed by atoms with Crippen LogP contribution in [0.4, 0.5) is 0 Å². The van der Waals surface area contributed by atoms with Crippen LogP contribution in [0.5, 0.6) is 0 Å². The fourth-order valence-corrected chi connectivity index (χ4v) is 2.69. The predicted molar refractivity (Wildman–Crippen MR) is 85.6 cm³/mol. The van der Waals surface area contributed by atoms with Gasteiger partial charge >= 0.3 is 0 Å². The Morgan fingerprint density at radius 2 is 2.09 bits per heavy atom. The van der Waals surface area contributed by atoms with E-state index in [1.165, 1.54) is 19.3 Å². The number of carbonyl (C=O) groups is 1. The molecular formula is C17H19ClN2O2. The van der Waals surface area contributed by atoms with Crippen LogP contribution in [0, 0.1) is 5.92 Å². The highest BCUT2D eigenvalue weighted by Crippen LogP contribution is 2.27. The lowest BCUT2D eigenvalue weighted by molar-refractivity contribution is -0.130. The number of amides is 1. The Labute approximate surface area is 135 Å². The van der Waals surface area contributed by atoms with Gasteiger partial charge in [-0.2, -0.15) is 0 Å². The summed E-state index contributed by atoms with van der Waals surface area (Å²) in [6.45, 7) is 0.848. The van der Waals surface area contributed by atoms with Gasteiger partial charge in [0.25, 0.3) is 0 Å². The molecule has 0 radical (unpaired) electrons. The quantitative estimate of drug-likeness (QED) is 0.842. The largest absolute Gasteiger partial charge is 0.444 e. The number of benzene rings is 1. The standard InChI is InChI=1S/C17H19ClN2O2/c1-20(10-12-3-2-4-12)16(21)9-15-11-22-17(19-15)13-5-7-14(18)8-6-13/h5-8,11-12H,2-4,9-10H2,1H3. The molecular weight excluding hydrogens is 300 g/mol. The topological polar surface area (TPSA) is 46.3 Å². The fraction of sp³-hybridized carbons (Fsp3) is 0.412. The van der Waals surface area contributed by atoms with Gasteiger partial charge in [-0.05, 0) is 43.0 Å². The molecule has 0 atom stereocenters. The van der Waals surface area contributed by atoms with Crippen molar-refractivity contribution in [3.8, 4) is 11.5 Å². The monoisotopic (exact) mass is 318 g/mol. The molecule has 1 saturated carbocycles. The highest BCUT2D eigenvalue weighted by atomic mass is 35.5. The summed E-state index contributed by atoms with van der Waals surface area (Å²) in [6, 6.07) is 7.28. The Kier molecular flexibility index (Phi) is 4.48. The summed E-state index contributed by atoms with van der Waals surface area (Å²) in [7, 11) is 1.86. The minimum absolute atomic E-state index is 0.0860. The molecule has 0 unspecified atom stereocenters. The Morgan fingerprint density at radius 1 is 1.36 bits per heavy atom. The van der Waals surface area contributed by atoms with E-state index in [-0.39, 0.29) is 12.3 Å². The van der Waals surface area contributed by atoms with Gasteiger partial charge in [0.2, 0.25) is 11.8 Å². The normalized spacial score (nSPS) is 14.6. The molecule has 1 fully saturated rings. The molecule has 0 bridgehead atoms. The maximum atomic E-state index is 12.2. The van der Waals surface area contributed by atoms with Crippen LogP contribution in [0.1, 0.15) is 25.0 Å². The van der Waals surface area contributed by atoms with Gasteiger partial charge in [-0.25, -0.2) is 4.98 Å². The van der Waals surface area contributed by atoms with Gasteiger partial charge in [0.05, 0.1) is 12.1 Å². The second-order valence-corrected chi connectivity index (χ2v) is 6.34. The summed E-state index contributed by atoms with van der Waals surface area (Å²) in [4.78, 5) is 18.4. The van der Waals surface area contributed by atoms with Crippen molar-refractivity contribution in [3.05, 3.63) is 41.2 Å². The van der Waals surface area contributed by atoms with E-state index in [4.69, 9.17) is 16.0 Å². The van der Waals surface area contributed by atoms with Crippen LogP contribution in [0.3, 0.4) is 0 Å². The van der Waals surface area contributed by atoms with Crippen molar-refractivity contribution >= 4 is 17.5 Å². The molecule has 5 heteroatoms. The van der Waals surface area contributed by atoms with Crippen LogP contribution < -0.4 is 0 Å². The molecule has 0 aliphatic heterocycles. The van der Waals surface area contributed by atoms with Gasteiger partial charge in [0, 0.05) is 24.2 Å². The SMILES string of the molecule is CN(CC1CCC1)C(=O)Cc1coc(-c2ccc(Cl)cc2)n1. The van der Waals surface area contributed by atoms with Crippen LogP contribution in [0.25, 0.3) is 11.5 Å². The molecule has 1 aliphatic carbocycles. The first-order chi connectivity index (χ1) is 10.6. The molecule has 4 nitrogen and oxygen atoms in total. The molecule has 0 saturated heterocycles. The molecule has 0 N–H and O–H groups in total. The van der Waals surface area contributed by atoms with Gasteiger partial charge in [-0.1, -0.05) is 18.0 Å². The number of halogens is 1. The zero-order valence-electron chi connectivity index (χ0n) is 12.6. The first-order valence-corrected chi connectivity index (χ1v) is 7.94. The van der Waals surface area contributed by atoms with Gasteiger partial charge in [0.15, 0.2) is 0 Å². The average molecular weight is 319 g/mol. The summed E-state index contributed by atoms with van der Waals surface area (Å²) in [6.07, 6.45) is 5.60. The van der Waals surface area contributed by atoms with Crippen molar-refractivity contribution in [2.75, 3.05) is 13.6 Å². The lowest BCUT2D eigenvalue weighted by Crippen LogP contribution is -2.35. The number of hydrogen-bond acceptors (Lipinski definition) is 3.